The number of benzene rings is 1. The van der Waals surface area contributed by atoms with Crippen molar-refractivity contribution in [2.75, 3.05) is 5.32 Å². The summed E-state index contributed by atoms with van der Waals surface area (Å²) in [5.41, 5.74) is 0.562. The fourth-order valence-corrected chi connectivity index (χ4v) is 3.00. The van der Waals surface area contributed by atoms with E-state index in [1.807, 2.05) is 17.5 Å². The lowest BCUT2D eigenvalue weighted by Crippen LogP contribution is -2.29. The van der Waals surface area contributed by atoms with Gasteiger partial charge in [-0.05, 0) is 29.6 Å². The van der Waals surface area contributed by atoms with E-state index in [9.17, 15) is 9.59 Å². The second kappa shape index (κ2) is 7.63. The standard InChI is InChI=1S/C15H14Cl2N2O2S/c1-9(20)18-13(14-3-2-6-22-14)8-15(21)19-10-4-5-11(16)12(17)7-10/h2-7,13H,8H2,1H3,(H,18,20)(H,19,21)/t13-/m0/s1. The van der Waals surface area contributed by atoms with E-state index in [1.54, 1.807) is 18.2 Å². The van der Waals surface area contributed by atoms with Crippen LogP contribution in [0.15, 0.2) is 35.7 Å². The number of hydrogen-bond donors (Lipinski definition) is 2. The van der Waals surface area contributed by atoms with Crippen LogP contribution in [0.2, 0.25) is 10.0 Å². The normalized spacial score (nSPS) is 11.8. The molecule has 7 heteroatoms. The Labute approximate surface area is 142 Å². The zero-order valence-corrected chi connectivity index (χ0v) is 14.1. The first kappa shape index (κ1) is 16.8. The number of rotatable bonds is 5. The molecule has 0 saturated heterocycles. The van der Waals surface area contributed by atoms with E-state index in [-0.39, 0.29) is 24.3 Å². The summed E-state index contributed by atoms with van der Waals surface area (Å²) < 4.78 is 0. The molecule has 1 heterocycles. The van der Waals surface area contributed by atoms with Gasteiger partial charge in [-0.15, -0.1) is 11.3 Å². The average Bonchev–Trinajstić information content (AvgIpc) is 2.95. The number of thiophene rings is 1. The van der Waals surface area contributed by atoms with Crippen molar-refractivity contribution in [3.05, 3.63) is 50.6 Å². The highest BCUT2D eigenvalue weighted by molar-refractivity contribution is 7.10. The third-order valence-electron chi connectivity index (χ3n) is 2.86. The maximum absolute atomic E-state index is 12.2. The van der Waals surface area contributed by atoms with Crippen molar-refractivity contribution in [1.29, 1.82) is 0 Å². The van der Waals surface area contributed by atoms with Crippen molar-refractivity contribution in [2.45, 2.75) is 19.4 Å². The van der Waals surface area contributed by atoms with E-state index in [0.717, 1.165) is 4.88 Å². The second-order valence-corrected chi connectivity index (χ2v) is 6.44. The summed E-state index contributed by atoms with van der Waals surface area (Å²) in [5.74, 6) is -0.397. The molecule has 2 N–H and O–H groups in total. The van der Waals surface area contributed by atoms with Gasteiger partial charge < -0.3 is 10.6 Å². The highest BCUT2D eigenvalue weighted by Gasteiger charge is 2.18. The van der Waals surface area contributed by atoms with E-state index in [0.29, 0.717) is 15.7 Å². The van der Waals surface area contributed by atoms with Crippen LogP contribution in [0, 0.1) is 0 Å². The number of anilines is 1. The highest BCUT2D eigenvalue weighted by atomic mass is 35.5. The van der Waals surface area contributed by atoms with Gasteiger partial charge in [0.1, 0.15) is 0 Å². The molecular weight excluding hydrogens is 343 g/mol. The third kappa shape index (κ3) is 4.73. The highest BCUT2D eigenvalue weighted by Crippen LogP contribution is 2.26. The molecule has 0 unspecified atom stereocenters. The quantitative estimate of drug-likeness (QED) is 0.840. The van der Waals surface area contributed by atoms with Gasteiger partial charge in [-0.25, -0.2) is 0 Å². The molecule has 0 saturated carbocycles. The Morgan fingerprint density at radius 3 is 2.59 bits per heavy atom. The average molecular weight is 357 g/mol. The number of halogens is 2. The summed E-state index contributed by atoms with van der Waals surface area (Å²) in [7, 11) is 0. The molecule has 0 bridgehead atoms. The van der Waals surface area contributed by atoms with Gasteiger partial charge in [-0.2, -0.15) is 0 Å². The van der Waals surface area contributed by atoms with Crippen molar-refractivity contribution in [1.82, 2.24) is 5.32 Å². The molecule has 0 radical (unpaired) electrons. The van der Waals surface area contributed by atoms with Crippen molar-refractivity contribution in [2.24, 2.45) is 0 Å². The Kier molecular flexibility index (Phi) is 5.83. The molecule has 4 nitrogen and oxygen atoms in total. The van der Waals surface area contributed by atoms with Gasteiger partial charge in [-0.3, -0.25) is 9.59 Å². The number of carbonyl (C=O) groups is 2. The van der Waals surface area contributed by atoms with E-state index < -0.39 is 0 Å². The lowest BCUT2D eigenvalue weighted by molar-refractivity contribution is -0.120. The molecule has 0 aliphatic carbocycles. The van der Waals surface area contributed by atoms with Gasteiger partial charge in [-0.1, -0.05) is 29.3 Å². The summed E-state index contributed by atoms with van der Waals surface area (Å²) in [6, 6.07) is 8.29. The van der Waals surface area contributed by atoms with Gasteiger partial charge in [0.25, 0.3) is 0 Å². The first-order valence-corrected chi connectivity index (χ1v) is 8.14. The van der Waals surface area contributed by atoms with Gasteiger partial charge in [0, 0.05) is 17.5 Å². The number of nitrogens with one attached hydrogen (secondary N) is 2. The Morgan fingerprint density at radius 2 is 2.00 bits per heavy atom. The Morgan fingerprint density at radius 1 is 1.23 bits per heavy atom. The molecule has 2 rings (SSSR count). The van der Waals surface area contributed by atoms with Crippen LogP contribution in [0.4, 0.5) is 5.69 Å². The molecule has 1 aromatic carbocycles. The maximum atomic E-state index is 12.2. The maximum Gasteiger partial charge on any atom is 0.226 e. The first-order valence-electron chi connectivity index (χ1n) is 6.51. The molecule has 22 heavy (non-hydrogen) atoms. The Hall–Kier alpha value is -1.56. The van der Waals surface area contributed by atoms with Crippen LogP contribution in [-0.4, -0.2) is 11.8 Å². The molecule has 0 spiro atoms. The number of amides is 2. The van der Waals surface area contributed by atoms with Gasteiger partial charge >= 0.3 is 0 Å². The summed E-state index contributed by atoms with van der Waals surface area (Å²) in [6.45, 7) is 1.43. The van der Waals surface area contributed by atoms with E-state index in [4.69, 9.17) is 23.2 Å². The fraction of sp³-hybridized carbons (Fsp3) is 0.200. The Balaban J connectivity index is 2.04. The minimum Gasteiger partial charge on any atom is -0.348 e. The van der Waals surface area contributed by atoms with E-state index >= 15 is 0 Å². The van der Waals surface area contributed by atoms with Crippen LogP contribution in [0.1, 0.15) is 24.3 Å². The molecule has 1 atom stereocenters. The van der Waals surface area contributed by atoms with Crippen molar-refractivity contribution >= 4 is 52.0 Å². The molecule has 1 aromatic heterocycles. The lowest BCUT2D eigenvalue weighted by atomic mass is 10.1. The van der Waals surface area contributed by atoms with Crippen molar-refractivity contribution < 1.29 is 9.59 Å². The van der Waals surface area contributed by atoms with Gasteiger partial charge in [0.05, 0.1) is 22.5 Å². The van der Waals surface area contributed by atoms with Gasteiger partial charge in [0.15, 0.2) is 0 Å². The van der Waals surface area contributed by atoms with Crippen LogP contribution in [0.25, 0.3) is 0 Å². The second-order valence-electron chi connectivity index (χ2n) is 4.65. The first-order chi connectivity index (χ1) is 10.5. The summed E-state index contributed by atoms with van der Waals surface area (Å²) in [4.78, 5) is 24.4. The molecule has 0 aliphatic rings. The van der Waals surface area contributed by atoms with Crippen molar-refractivity contribution in [3.8, 4) is 0 Å². The predicted molar refractivity (Wildman–Crippen MR) is 90.6 cm³/mol. The van der Waals surface area contributed by atoms with Crippen LogP contribution < -0.4 is 10.6 Å². The molecule has 116 valence electrons. The van der Waals surface area contributed by atoms with E-state index in [1.165, 1.54) is 18.3 Å². The minimum absolute atomic E-state index is 0.139. The third-order valence-corrected chi connectivity index (χ3v) is 4.58. The zero-order chi connectivity index (χ0) is 16.1. The smallest absolute Gasteiger partial charge is 0.226 e. The predicted octanol–water partition coefficient (Wildman–Crippen LogP) is 4.26. The SMILES string of the molecule is CC(=O)N[C@@H](CC(=O)Nc1ccc(Cl)c(Cl)c1)c1cccs1. The molecule has 0 fully saturated rings. The summed E-state index contributed by atoms with van der Waals surface area (Å²) in [5, 5.41) is 8.23. The summed E-state index contributed by atoms with van der Waals surface area (Å²) in [6.07, 6.45) is 0.139. The zero-order valence-electron chi connectivity index (χ0n) is 11.7. The van der Waals surface area contributed by atoms with E-state index in [2.05, 4.69) is 10.6 Å². The largest absolute Gasteiger partial charge is 0.348 e. The molecular formula is C15H14Cl2N2O2S. The van der Waals surface area contributed by atoms with Crippen molar-refractivity contribution in [3.63, 3.8) is 0 Å². The number of hydrogen-bond acceptors (Lipinski definition) is 3. The van der Waals surface area contributed by atoms with Crippen LogP contribution >= 0.6 is 34.5 Å². The van der Waals surface area contributed by atoms with Gasteiger partial charge in [0.2, 0.25) is 11.8 Å². The van der Waals surface area contributed by atoms with Crippen LogP contribution in [-0.2, 0) is 9.59 Å². The van der Waals surface area contributed by atoms with Crippen LogP contribution in [0.3, 0.4) is 0 Å². The minimum atomic E-state index is -0.347. The monoisotopic (exact) mass is 356 g/mol. The molecule has 2 amide bonds. The molecule has 2 aromatic rings. The van der Waals surface area contributed by atoms with Crippen LogP contribution in [0.5, 0.6) is 0 Å². The number of carbonyl (C=O) groups excluding carboxylic acids is 2. The molecule has 0 aliphatic heterocycles. The lowest BCUT2D eigenvalue weighted by Gasteiger charge is -2.16. The fourth-order valence-electron chi connectivity index (χ4n) is 1.93. The topological polar surface area (TPSA) is 58.2 Å². The summed E-state index contributed by atoms with van der Waals surface area (Å²) >= 11 is 13.2. The Bertz CT molecular complexity index is 674.